The van der Waals surface area contributed by atoms with E-state index in [-0.39, 0.29) is 23.3 Å². The standard InChI is InChI=1S/C24H27N3O3S2/c28-21(25-15-6-5-9-17(12-15)30-16-7-1-2-8-16)14-31-13-20-26-23(29)22-18-10-3-4-11-19(18)32-24(22)27-20/h5-6,9,12,16H,1-4,7-8,10-11,13-14H2,(H,25,28)(H,26,27,29). The molecule has 0 radical (unpaired) electrons. The van der Waals surface area contributed by atoms with Gasteiger partial charge in [0.05, 0.1) is 23.0 Å². The Morgan fingerprint density at radius 1 is 1.22 bits per heavy atom. The molecule has 5 rings (SSSR count). The minimum absolute atomic E-state index is 0.0477. The van der Waals surface area contributed by atoms with Crippen molar-refractivity contribution in [2.45, 2.75) is 63.2 Å². The summed E-state index contributed by atoms with van der Waals surface area (Å²) in [5.41, 5.74) is 1.89. The van der Waals surface area contributed by atoms with Gasteiger partial charge in [-0.25, -0.2) is 4.98 Å². The van der Waals surface area contributed by atoms with E-state index >= 15 is 0 Å². The molecule has 3 aromatic rings. The van der Waals surface area contributed by atoms with Crippen LogP contribution in [0.2, 0.25) is 0 Å². The molecule has 0 saturated heterocycles. The molecule has 1 saturated carbocycles. The zero-order valence-electron chi connectivity index (χ0n) is 17.9. The maximum Gasteiger partial charge on any atom is 0.259 e. The van der Waals surface area contributed by atoms with Crippen molar-refractivity contribution in [1.29, 1.82) is 0 Å². The number of aromatic amines is 1. The van der Waals surface area contributed by atoms with Crippen LogP contribution in [-0.4, -0.2) is 27.7 Å². The number of anilines is 1. The molecule has 2 aromatic heterocycles. The third-order valence-corrected chi connectivity index (χ3v) is 8.20. The normalized spacial score (nSPS) is 16.2. The fourth-order valence-electron chi connectivity index (χ4n) is 4.56. The first-order valence-electron chi connectivity index (χ1n) is 11.3. The molecular weight excluding hydrogens is 442 g/mol. The number of rotatable bonds is 7. The average Bonchev–Trinajstić information content (AvgIpc) is 3.41. The molecule has 2 heterocycles. The number of amides is 1. The Labute approximate surface area is 195 Å². The van der Waals surface area contributed by atoms with Gasteiger partial charge in [0.25, 0.3) is 5.56 Å². The first-order chi connectivity index (χ1) is 15.7. The molecule has 168 valence electrons. The SMILES string of the molecule is O=C(CSCc1nc2sc3c(c2c(=O)[nH]1)CCCC3)Nc1cccc(OC2CCCC2)c1. The maximum atomic E-state index is 12.6. The average molecular weight is 470 g/mol. The van der Waals surface area contributed by atoms with E-state index in [2.05, 4.69) is 15.3 Å². The van der Waals surface area contributed by atoms with Crippen LogP contribution in [0.5, 0.6) is 5.75 Å². The molecule has 6 nitrogen and oxygen atoms in total. The van der Waals surface area contributed by atoms with Crippen LogP contribution in [0.15, 0.2) is 29.1 Å². The Hall–Kier alpha value is -2.32. The minimum atomic E-state index is -0.0805. The summed E-state index contributed by atoms with van der Waals surface area (Å²) >= 11 is 3.10. The first kappa shape index (κ1) is 21.5. The molecule has 2 aliphatic rings. The van der Waals surface area contributed by atoms with E-state index in [4.69, 9.17) is 4.74 Å². The van der Waals surface area contributed by atoms with Gasteiger partial charge in [0.15, 0.2) is 0 Å². The smallest absolute Gasteiger partial charge is 0.259 e. The van der Waals surface area contributed by atoms with Crippen molar-refractivity contribution in [2.24, 2.45) is 0 Å². The van der Waals surface area contributed by atoms with Gasteiger partial charge < -0.3 is 15.0 Å². The largest absolute Gasteiger partial charge is 0.490 e. The Bertz CT molecular complexity index is 1180. The number of thiophene rings is 1. The van der Waals surface area contributed by atoms with Crippen LogP contribution in [0.25, 0.3) is 10.2 Å². The van der Waals surface area contributed by atoms with Crippen LogP contribution in [0.3, 0.4) is 0 Å². The summed E-state index contributed by atoms with van der Waals surface area (Å²) in [5.74, 6) is 2.13. The monoisotopic (exact) mass is 469 g/mol. The van der Waals surface area contributed by atoms with Crippen molar-refractivity contribution < 1.29 is 9.53 Å². The molecule has 32 heavy (non-hydrogen) atoms. The molecule has 1 fully saturated rings. The van der Waals surface area contributed by atoms with E-state index in [1.54, 1.807) is 11.3 Å². The predicted octanol–water partition coefficient (Wildman–Crippen LogP) is 5.06. The second-order valence-electron chi connectivity index (χ2n) is 8.50. The lowest BCUT2D eigenvalue weighted by atomic mass is 9.97. The van der Waals surface area contributed by atoms with E-state index in [1.165, 1.54) is 41.5 Å². The highest BCUT2D eigenvalue weighted by atomic mass is 32.2. The fourth-order valence-corrected chi connectivity index (χ4v) is 6.53. The number of benzene rings is 1. The second-order valence-corrected chi connectivity index (χ2v) is 10.6. The Morgan fingerprint density at radius 3 is 2.94 bits per heavy atom. The summed E-state index contributed by atoms with van der Waals surface area (Å²) in [6.45, 7) is 0. The van der Waals surface area contributed by atoms with Gasteiger partial charge in [0.1, 0.15) is 16.4 Å². The number of carbonyl (C=O) groups excluding carboxylic acids is 1. The summed E-state index contributed by atoms with van der Waals surface area (Å²) in [6, 6.07) is 7.59. The van der Waals surface area contributed by atoms with Crippen LogP contribution >= 0.6 is 23.1 Å². The van der Waals surface area contributed by atoms with Crippen LogP contribution in [0.4, 0.5) is 5.69 Å². The van der Waals surface area contributed by atoms with Gasteiger partial charge >= 0.3 is 0 Å². The number of nitrogens with zero attached hydrogens (tertiary/aromatic N) is 1. The summed E-state index contributed by atoms with van der Waals surface area (Å²) in [4.78, 5) is 34.8. The molecule has 0 atom stereocenters. The van der Waals surface area contributed by atoms with Gasteiger partial charge in [0, 0.05) is 16.6 Å². The van der Waals surface area contributed by atoms with Crippen LogP contribution in [0.1, 0.15) is 54.8 Å². The molecule has 2 N–H and O–H groups in total. The third-order valence-electron chi connectivity index (χ3n) is 6.07. The number of hydrogen-bond donors (Lipinski definition) is 2. The van der Waals surface area contributed by atoms with Crippen molar-refractivity contribution in [1.82, 2.24) is 9.97 Å². The van der Waals surface area contributed by atoms with Gasteiger partial charge in [-0.05, 0) is 69.1 Å². The maximum absolute atomic E-state index is 12.6. The molecule has 0 bridgehead atoms. The molecule has 0 unspecified atom stereocenters. The molecule has 2 aliphatic carbocycles. The highest BCUT2D eigenvalue weighted by Gasteiger charge is 2.20. The molecule has 0 aliphatic heterocycles. The number of fused-ring (bicyclic) bond motifs is 3. The van der Waals surface area contributed by atoms with Crippen molar-refractivity contribution in [2.75, 3.05) is 11.1 Å². The van der Waals surface area contributed by atoms with Crippen LogP contribution in [0, 0.1) is 0 Å². The zero-order chi connectivity index (χ0) is 21.9. The number of thioether (sulfide) groups is 1. The zero-order valence-corrected chi connectivity index (χ0v) is 19.6. The van der Waals surface area contributed by atoms with E-state index in [0.717, 1.165) is 53.8 Å². The minimum Gasteiger partial charge on any atom is -0.490 e. The molecule has 0 spiro atoms. The van der Waals surface area contributed by atoms with E-state index in [0.29, 0.717) is 11.6 Å². The van der Waals surface area contributed by atoms with Crippen molar-refractivity contribution in [3.05, 3.63) is 50.9 Å². The molecule has 1 amide bonds. The van der Waals surface area contributed by atoms with Crippen molar-refractivity contribution >= 4 is 44.9 Å². The van der Waals surface area contributed by atoms with Crippen molar-refractivity contribution in [3.63, 3.8) is 0 Å². The lowest BCUT2D eigenvalue weighted by Gasteiger charge is -2.14. The second kappa shape index (κ2) is 9.67. The van der Waals surface area contributed by atoms with Gasteiger partial charge in [0.2, 0.25) is 5.91 Å². The quantitative estimate of drug-likeness (QED) is 0.505. The summed E-state index contributed by atoms with van der Waals surface area (Å²) in [7, 11) is 0. The summed E-state index contributed by atoms with van der Waals surface area (Å²) < 4.78 is 6.02. The van der Waals surface area contributed by atoms with Crippen LogP contribution in [-0.2, 0) is 23.4 Å². The highest BCUT2D eigenvalue weighted by Crippen LogP contribution is 2.33. The number of aromatic nitrogens is 2. The number of aryl methyl sites for hydroxylation is 2. The van der Waals surface area contributed by atoms with Crippen molar-refractivity contribution in [3.8, 4) is 5.75 Å². The number of carbonyl (C=O) groups is 1. The van der Waals surface area contributed by atoms with Crippen LogP contribution < -0.4 is 15.6 Å². The lowest BCUT2D eigenvalue weighted by molar-refractivity contribution is -0.113. The number of nitrogens with one attached hydrogen (secondary N) is 2. The molecule has 1 aromatic carbocycles. The van der Waals surface area contributed by atoms with Gasteiger partial charge in [-0.15, -0.1) is 23.1 Å². The highest BCUT2D eigenvalue weighted by molar-refractivity contribution is 7.99. The summed E-state index contributed by atoms with van der Waals surface area (Å²) in [6.07, 6.45) is 9.28. The van der Waals surface area contributed by atoms with E-state index < -0.39 is 0 Å². The van der Waals surface area contributed by atoms with E-state index in [1.807, 2.05) is 24.3 Å². The third kappa shape index (κ3) is 4.86. The Morgan fingerprint density at radius 2 is 2.06 bits per heavy atom. The Balaban J connectivity index is 1.16. The molecule has 8 heteroatoms. The fraction of sp³-hybridized carbons (Fsp3) is 0.458. The topological polar surface area (TPSA) is 84.1 Å². The van der Waals surface area contributed by atoms with Gasteiger partial charge in [-0.1, -0.05) is 6.07 Å². The summed E-state index contributed by atoms with van der Waals surface area (Å²) in [5, 5.41) is 3.71. The number of hydrogen-bond acceptors (Lipinski definition) is 6. The van der Waals surface area contributed by atoms with Gasteiger partial charge in [-0.2, -0.15) is 0 Å². The van der Waals surface area contributed by atoms with E-state index in [9.17, 15) is 9.59 Å². The predicted molar refractivity (Wildman–Crippen MR) is 131 cm³/mol. The number of ether oxygens (including phenoxy) is 1. The first-order valence-corrected chi connectivity index (χ1v) is 13.3. The number of H-pyrrole nitrogens is 1. The Kier molecular flexibility index (Phi) is 6.50. The van der Waals surface area contributed by atoms with Gasteiger partial charge in [-0.3, -0.25) is 9.59 Å². The lowest BCUT2D eigenvalue weighted by Crippen LogP contribution is -2.16. The molecular formula is C24H27N3O3S2.